The third kappa shape index (κ3) is 3.52. The van der Waals surface area contributed by atoms with Crippen molar-refractivity contribution in [2.75, 3.05) is 13.7 Å². The average Bonchev–Trinajstić information content (AvgIpc) is 3.05. The summed E-state index contributed by atoms with van der Waals surface area (Å²) in [5.74, 6) is 0.568. The second-order valence-electron chi connectivity index (χ2n) is 5.83. The van der Waals surface area contributed by atoms with Gasteiger partial charge >= 0.3 is 0 Å². The Morgan fingerprint density at radius 3 is 2.87 bits per heavy atom. The van der Waals surface area contributed by atoms with E-state index in [0.717, 1.165) is 36.3 Å². The predicted molar refractivity (Wildman–Crippen MR) is 86.8 cm³/mol. The quantitative estimate of drug-likeness (QED) is 0.860. The van der Waals surface area contributed by atoms with Gasteiger partial charge in [0.1, 0.15) is 11.6 Å². The molecule has 2 aromatic rings. The molecule has 1 saturated heterocycles. The van der Waals surface area contributed by atoms with Crippen LogP contribution in [-0.4, -0.2) is 24.5 Å². The molecule has 0 unspecified atom stereocenters. The summed E-state index contributed by atoms with van der Waals surface area (Å²) < 4.78 is 18.7. The first-order valence-electron chi connectivity index (χ1n) is 7.85. The first-order valence-corrected chi connectivity index (χ1v) is 7.85. The molecule has 1 aliphatic rings. The maximum absolute atomic E-state index is 13.5. The highest BCUT2D eigenvalue weighted by molar-refractivity contribution is 5.79. The molecule has 1 fully saturated rings. The Hall–Kier alpha value is -2.36. The van der Waals surface area contributed by atoms with Crippen LogP contribution in [0.2, 0.25) is 0 Å². The summed E-state index contributed by atoms with van der Waals surface area (Å²) >= 11 is 0. The van der Waals surface area contributed by atoms with E-state index in [1.807, 2.05) is 35.2 Å². The van der Waals surface area contributed by atoms with Gasteiger partial charge in [-0.05, 0) is 48.2 Å². The van der Waals surface area contributed by atoms with Crippen LogP contribution in [0.4, 0.5) is 4.39 Å². The Morgan fingerprint density at radius 2 is 2.09 bits per heavy atom. The minimum atomic E-state index is -0.255. The fourth-order valence-electron chi connectivity index (χ4n) is 3.18. The van der Waals surface area contributed by atoms with Crippen molar-refractivity contribution in [2.24, 2.45) is 0 Å². The van der Waals surface area contributed by atoms with Gasteiger partial charge in [0, 0.05) is 6.54 Å². The molecule has 120 valence electrons. The van der Waals surface area contributed by atoms with Gasteiger partial charge in [0.15, 0.2) is 0 Å². The van der Waals surface area contributed by atoms with Crippen molar-refractivity contribution >= 4 is 5.91 Å². The number of amides is 1. The largest absolute Gasteiger partial charge is 0.497 e. The fourth-order valence-corrected chi connectivity index (χ4v) is 3.18. The maximum atomic E-state index is 13.5. The van der Waals surface area contributed by atoms with Crippen molar-refractivity contribution in [1.82, 2.24) is 4.90 Å². The van der Waals surface area contributed by atoms with Crippen LogP contribution in [0.25, 0.3) is 0 Å². The summed E-state index contributed by atoms with van der Waals surface area (Å²) in [5, 5.41) is 0. The zero-order valence-corrected chi connectivity index (χ0v) is 13.2. The number of carbonyl (C=O) groups is 1. The monoisotopic (exact) mass is 313 g/mol. The van der Waals surface area contributed by atoms with Crippen LogP contribution >= 0.6 is 0 Å². The molecule has 0 N–H and O–H groups in total. The molecule has 1 aliphatic heterocycles. The second-order valence-corrected chi connectivity index (χ2v) is 5.83. The Bertz CT molecular complexity index is 701. The summed E-state index contributed by atoms with van der Waals surface area (Å²) in [4.78, 5) is 14.5. The molecular formula is C19H20FNO2. The van der Waals surface area contributed by atoms with E-state index in [0.29, 0.717) is 6.42 Å². The number of likely N-dealkylation sites (tertiary alicyclic amines) is 1. The van der Waals surface area contributed by atoms with E-state index in [1.54, 1.807) is 13.2 Å². The van der Waals surface area contributed by atoms with E-state index in [4.69, 9.17) is 4.74 Å². The van der Waals surface area contributed by atoms with Crippen LogP contribution in [-0.2, 0) is 11.2 Å². The number of hydrogen-bond acceptors (Lipinski definition) is 2. The molecule has 0 bridgehead atoms. The van der Waals surface area contributed by atoms with Gasteiger partial charge in [0.25, 0.3) is 0 Å². The molecule has 0 saturated carbocycles. The van der Waals surface area contributed by atoms with Crippen LogP contribution < -0.4 is 4.74 Å². The topological polar surface area (TPSA) is 29.5 Å². The molecule has 1 atom stereocenters. The predicted octanol–water partition coefficient (Wildman–Crippen LogP) is 3.74. The first kappa shape index (κ1) is 15.5. The molecule has 4 heteroatoms. The lowest BCUT2D eigenvalue weighted by atomic mass is 10.0. The van der Waals surface area contributed by atoms with Crippen LogP contribution in [0.15, 0.2) is 48.5 Å². The normalized spacial score (nSPS) is 17.3. The number of methoxy groups -OCH3 is 1. The third-order valence-corrected chi connectivity index (χ3v) is 4.30. The smallest absolute Gasteiger partial charge is 0.227 e. The lowest BCUT2D eigenvalue weighted by molar-refractivity contribution is -0.131. The van der Waals surface area contributed by atoms with Crippen LogP contribution in [0, 0.1) is 5.82 Å². The second kappa shape index (κ2) is 6.82. The van der Waals surface area contributed by atoms with Crippen molar-refractivity contribution in [3.05, 3.63) is 65.5 Å². The average molecular weight is 313 g/mol. The van der Waals surface area contributed by atoms with Crippen molar-refractivity contribution in [1.29, 1.82) is 0 Å². The highest BCUT2D eigenvalue weighted by Gasteiger charge is 2.29. The lowest BCUT2D eigenvalue weighted by Crippen LogP contribution is -2.31. The molecule has 1 heterocycles. The summed E-state index contributed by atoms with van der Waals surface area (Å²) in [6, 6.07) is 14.1. The van der Waals surface area contributed by atoms with Crippen LogP contribution in [0.3, 0.4) is 0 Å². The highest BCUT2D eigenvalue weighted by atomic mass is 19.1. The van der Waals surface area contributed by atoms with E-state index < -0.39 is 0 Å². The Labute approximate surface area is 135 Å². The molecule has 2 aromatic carbocycles. The number of hydrogen-bond donors (Lipinski definition) is 0. The molecule has 0 radical (unpaired) electrons. The van der Waals surface area contributed by atoms with Gasteiger partial charge in [-0.3, -0.25) is 4.79 Å². The van der Waals surface area contributed by atoms with Gasteiger partial charge in [0.2, 0.25) is 5.91 Å². The number of halogens is 1. The van der Waals surface area contributed by atoms with Gasteiger partial charge in [0.05, 0.1) is 19.6 Å². The highest BCUT2D eigenvalue weighted by Crippen LogP contribution is 2.32. The lowest BCUT2D eigenvalue weighted by Gasteiger charge is -2.25. The minimum Gasteiger partial charge on any atom is -0.497 e. The SMILES string of the molecule is COc1cccc(CC(=O)N2CCC[C@H]2c2cccc(F)c2)c1. The molecule has 0 aromatic heterocycles. The summed E-state index contributed by atoms with van der Waals surface area (Å²) in [6.07, 6.45) is 2.17. The molecule has 3 nitrogen and oxygen atoms in total. The molecule has 1 amide bonds. The number of carbonyl (C=O) groups excluding carboxylic acids is 1. The van der Waals surface area contributed by atoms with Gasteiger partial charge in [-0.15, -0.1) is 0 Å². The van der Waals surface area contributed by atoms with E-state index in [1.165, 1.54) is 12.1 Å². The van der Waals surface area contributed by atoms with E-state index in [2.05, 4.69) is 0 Å². The summed E-state index contributed by atoms with van der Waals surface area (Å²) in [6.45, 7) is 0.726. The zero-order chi connectivity index (χ0) is 16.2. The van der Waals surface area contributed by atoms with Crippen molar-refractivity contribution in [3.8, 4) is 5.75 Å². The van der Waals surface area contributed by atoms with Crippen molar-refractivity contribution in [2.45, 2.75) is 25.3 Å². The van der Waals surface area contributed by atoms with Crippen LogP contribution in [0.5, 0.6) is 5.75 Å². The fraction of sp³-hybridized carbons (Fsp3) is 0.316. The molecule has 0 aliphatic carbocycles. The van der Waals surface area contributed by atoms with Gasteiger partial charge < -0.3 is 9.64 Å². The summed E-state index contributed by atoms with van der Waals surface area (Å²) in [7, 11) is 1.61. The van der Waals surface area contributed by atoms with E-state index >= 15 is 0 Å². The van der Waals surface area contributed by atoms with E-state index in [9.17, 15) is 9.18 Å². The molecule has 0 spiro atoms. The van der Waals surface area contributed by atoms with Gasteiger partial charge in [-0.2, -0.15) is 0 Å². The third-order valence-electron chi connectivity index (χ3n) is 4.30. The first-order chi connectivity index (χ1) is 11.2. The number of benzene rings is 2. The standard InChI is InChI=1S/C19H20FNO2/c1-23-17-8-2-5-14(11-17)12-19(22)21-10-4-9-18(21)15-6-3-7-16(20)13-15/h2-3,5-8,11,13,18H,4,9-10,12H2,1H3/t18-/m0/s1. The molecule has 23 heavy (non-hydrogen) atoms. The van der Waals surface area contributed by atoms with E-state index in [-0.39, 0.29) is 17.8 Å². The number of rotatable bonds is 4. The van der Waals surface area contributed by atoms with Crippen molar-refractivity contribution in [3.63, 3.8) is 0 Å². The molecule has 3 rings (SSSR count). The number of nitrogens with zero attached hydrogens (tertiary/aromatic N) is 1. The zero-order valence-electron chi connectivity index (χ0n) is 13.2. The van der Waals surface area contributed by atoms with Crippen molar-refractivity contribution < 1.29 is 13.9 Å². The Kier molecular flexibility index (Phi) is 4.60. The van der Waals surface area contributed by atoms with Crippen LogP contribution in [0.1, 0.15) is 30.0 Å². The Morgan fingerprint density at radius 1 is 1.26 bits per heavy atom. The summed E-state index contributed by atoms with van der Waals surface area (Å²) in [5.41, 5.74) is 1.81. The van der Waals surface area contributed by atoms with Gasteiger partial charge in [-0.1, -0.05) is 24.3 Å². The van der Waals surface area contributed by atoms with Gasteiger partial charge in [-0.25, -0.2) is 4.39 Å². The maximum Gasteiger partial charge on any atom is 0.227 e. The number of ether oxygens (including phenoxy) is 1. The molecular weight excluding hydrogens is 293 g/mol. The minimum absolute atomic E-state index is 0.0243. The Balaban J connectivity index is 1.75.